The molecule has 2 rings (SSSR count). The highest BCUT2D eigenvalue weighted by Gasteiger charge is 2.33. The lowest BCUT2D eigenvalue weighted by Gasteiger charge is -2.23. The van der Waals surface area contributed by atoms with Gasteiger partial charge in [-0.05, 0) is 43.9 Å². The smallest absolute Gasteiger partial charge is 0.255 e. The topological polar surface area (TPSA) is 69.6 Å². The Hall–Kier alpha value is -1.59. The standard InChI is InChI=1S/C16H21ClN2O3/c1-11(21)18-12-4-7-15(17)14(10-12)16(22)19(13-5-6-13)8-2-3-9-20/h4,7,10,13,20H,2-3,5-6,8-9H2,1H3,(H,18,21). The van der Waals surface area contributed by atoms with Crippen LogP contribution in [0.3, 0.4) is 0 Å². The van der Waals surface area contributed by atoms with Crippen LogP contribution in [0.25, 0.3) is 0 Å². The third kappa shape index (κ3) is 4.45. The number of nitrogens with zero attached hydrogens (tertiary/aromatic N) is 1. The molecule has 0 aliphatic heterocycles. The third-order valence-electron chi connectivity index (χ3n) is 3.57. The number of amides is 2. The average Bonchev–Trinajstić information content (AvgIpc) is 3.29. The molecule has 120 valence electrons. The van der Waals surface area contributed by atoms with Gasteiger partial charge in [0.25, 0.3) is 5.91 Å². The molecule has 0 saturated heterocycles. The first kappa shape index (κ1) is 16.8. The quantitative estimate of drug-likeness (QED) is 0.758. The molecule has 0 atom stereocenters. The minimum absolute atomic E-state index is 0.113. The Balaban J connectivity index is 2.16. The molecule has 0 bridgehead atoms. The van der Waals surface area contributed by atoms with Crippen molar-refractivity contribution in [3.05, 3.63) is 28.8 Å². The molecule has 0 unspecified atom stereocenters. The van der Waals surface area contributed by atoms with Crippen LogP contribution in [0.1, 0.15) is 43.0 Å². The normalized spacial score (nSPS) is 13.8. The fourth-order valence-corrected chi connectivity index (χ4v) is 2.55. The number of hydrogen-bond donors (Lipinski definition) is 2. The number of aliphatic hydroxyl groups is 1. The lowest BCUT2D eigenvalue weighted by atomic mass is 10.1. The molecular weight excluding hydrogens is 304 g/mol. The van der Waals surface area contributed by atoms with Crippen molar-refractivity contribution in [2.75, 3.05) is 18.5 Å². The Morgan fingerprint density at radius 3 is 2.68 bits per heavy atom. The molecule has 2 amide bonds. The van der Waals surface area contributed by atoms with Gasteiger partial charge in [0.1, 0.15) is 0 Å². The van der Waals surface area contributed by atoms with Crippen molar-refractivity contribution in [3.8, 4) is 0 Å². The van der Waals surface area contributed by atoms with Crippen molar-refractivity contribution in [1.82, 2.24) is 4.90 Å². The molecule has 1 aliphatic rings. The average molecular weight is 325 g/mol. The molecular formula is C16H21ClN2O3. The van der Waals surface area contributed by atoms with E-state index in [9.17, 15) is 9.59 Å². The molecule has 1 aliphatic carbocycles. The summed E-state index contributed by atoms with van der Waals surface area (Å²) in [6.45, 7) is 2.16. The van der Waals surface area contributed by atoms with Gasteiger partial charge in [0.05, 0.1) is 10.6 Å². The van der Waals surface area contributed by atoms with Crippen LogP contribution >= 0.6 is 11.6 Å². The molecule has 2 N–H and O–H groups in total. The summed E-state index contributed by atoms with van der Waals surface area (Å²) in [7, 11) is 0. The zero-order chi connectivity index (χ0) is 16.1. The lowest BCUT2D eigenvalue weighted by Crippen LogP contribution is -2.34. The Kier molecular flexibility index (Phi) is 5.80. The number of rotatable bonds is 7. The third-order valence-corrected chi connectivity index (χ3v) is 3.90. The van der Waals surface area contributed by atoms with Crippen molar-refractivity contribution in [2.24, 2.45) is 0 Å². The number of nitrogens with one attached hydrogen (secondary N) is 1. The molecule has 0 heterocycles. The first-order valence-electron chi connectivity index (χ1n) is 7.52. The minimum atomic E-state index is -0.192. The van der Waals surface area contributed by atoms with Crippen LogP contribution in [0.2, 0.25) is 5.02 Å². The molecule has 0 radical (unpaired) electrons. The Morgan fingerprint density at radius 1 is 1.36 bits per heavy atom. The van der Waals surface area contributed by atoms with E-state index >= 15 is 0 Å². The number of benzene rings is 1. The summed E-state index contributed by atoms with van der Waals surface area (Å²) in [6.07, 6.45) is 3.46. The maximum atomic E-state index is 12.7. The SMILES string of the molecule is CC(=O)Nc1ccc(Cl)c(C(=O)N(CCCCO)C2CC2)c1. The van der Waals surface area contributed by atoms with Crippen molar-refractivity contribution < 1.29 is 14.7 Å². The van der Waals surface area contributed by atoms with Crippen molar-refractivity contribution in [1.29, 1.82) is 0 Å². The maximum Gasteiger partial charge on any atom is 0.255 e. The second kappa shape index (κ2) is 7.61. The molecule has 1 saturated carbocycles. The van der Waals surface area contributed by atoms with Crippen molar-refractivity contribution in [3.63, 3.8) is 0 Å². The van der Waals surface area contributed by atoms with Gasteiger partial charge in [-0.15, -0.1) is 0 Å². The predicted molar refractivity (Wildman–Crippen MR) is 86.1 cm³/mol. The Bertz CT molecular complexity index is 558. The van der Waals surface area contributed by atoms with E-state index in [4.69, 9.17) is 16.7 Å². The summed E-state index contributed by atoms with van der Waals surface area (Å²) in [6, 6.07) is 5.19. The first-order valence-corrected chi connectivity index (χ1v) is 7.89. The van der Waals surface area contributed by atoms with E-state index in [1.54, 1.807) is 18.2 Å². The van der Waals surface area contributed by atoms with E-state index < -0.39 is 0 Å². The van der Waals surface area contributed by atoms with Crippen LogP contribution < -0.4 is 5.32 Å². The van der Waals surface area contributed by atoms with Crippen molar-refractivity contribution in [2.45, 2.75) is 38.6 Å². The number of aliphatic hydroxyl groups excluding tert-OH is 1. The van der Waals surface area contributed by atoms with Crippen LogP contribution in [-0.2, 0) is 4.79 Å². The van der Waals surface area contributed by atoms with E-state index in [-0.39, 0.29) is 24.5 Å². The van der Waals surface area contributed by atoms with Gasteiger partial charge in [0.15, 0.2) is 0 Å². The highest BCUT2D eigenvalue weighted by molar-refractivity contribution is 6.34. The van der Waals surface area contributed by atoms with Gasteiger partial charge < -0.3 is 15.3 Å². The first-order chi connectivity index (χ1) is 10.5. The van der Waals surface area contributed by atoms with Crippen LogP contribution in [0, 0.1) is 0 Å². The maximum absolute atomic E-state index is 12.7. The number of anilines is 1. The van der Waals surface area contributed by atoms with Crippen LogP contribution in [-0.4, -0.2) is 41.0 Å². The van der Waals surface area contributed by atoms with Gasteiger partial charge in [-0.3, -0.25) is 9.59 Å². The van der Waals surface area contributed by atoms with E-state index in [1.165, 1.54) is 6.92 Å². The monoisotopic (exact) mass is 324 g/mol. The van der Waals surface area contributed by atoms with E-state index in [1.807, 2.05) is 4.90 Å². The van der Waals surface area contributed by atoms with Gasteiger partial charge >= 0.3 is 0 Å². The molecule has 0 spiro atoms. The van der Waals surface area contributed by atoms with Gasteiger partial charge in [0.2, 0.25) is 5.91 Å². The number of carbonyl (C=O) groups is 2. The van der Waals surface area contributed by atoms with Gasteiger partial charge in [0, 0.05) is 31.8 Å². The van der Waals surface area contributed by atoms with Gasteiger partial charge in [-0.25, -0.2) is 0 Å². The fraction of sp³-hybridized carbons (Fsp3) is 0.500. The lowest BCUT2D eigenvalue weighted by molar-refractivity contribution is -0.114. The molecule has 1 fully saturated rings. The van der Waals surface area contributed by atoms with E-state index in [2.05, 4.69) is 5.32 Å². The van der Waals surface area contributed by atoms with Gasteiger partial charge in [-0.1, -0.05) is 11.6 Å². The summed E-state index contributed by atoms with van der Waals surface area (Å²) in [4.78, 5) is 25.7. The van der Waals surface area contributed by atoms with E-state index in [0.29, 0.717) is 29.2 Å². The zero-order valence-corrected chi connectivity index (χ0v) is 13.4. The summed E-state index contributed by atoms with van der Waals surface area (Å²) in [5, 5.41) is 11.9. The molecule has 22 heavy (non-hydrogen) atoms. The molecule has 6 heteroatoms. The summed E-state index contributed by atoms with van der Waals surface area (Å²) >= 11 is 6.16. The minimum Gasteiger partial charge on any atom is -0.396 e. The highest BCUT2D eigenvalue weighted by atomic mass is 35.5. The number of hydrogen-bond acceptors (Lipinski definition) is 3. The van der Waals surface area contributed by atoms with Crippen molar-refractivity contribution >= 4 is 29.1 Å². The Labute approximate surface area is 135 Å². The molecule has 0 aromatic heterocycles. The Morgan fingerprint density at radius 2 is 2.09 bits per heavy atom. The van der Waals surface area contributed by atoms with Gasteiger partial charge in [-0.2, -0.15) is 0 Å². The molecule has 1 aromatic rings. The zero-order valence-electron chi connectivity index (χ0n) is 12.6. The molecule has 1 aromatic carbocycles. The molecule has 5 nitrogen and oxygen atoms in total. The number of unbranched alkanes of at least 4 members (excludes halogenated alkanes) is 1. The predicted octanol–water partition coefficient (Wildman–Crippen LogP) is 2.68. The summed E-state index contributed by atoms with van der Waals surface area (Å²) < 4.78 is 0. The number of carbonyl (C=O) groups excluding carboxylic acids is 2. The fourth-order valence-electron chi connectivity index (χ4n) is 2.36. The van der Waals surface area contributed by atoms with Crippen LogP contribution in [0.4, 0.5) is 5.69 Å². The number of halogens is 1. The van der Waals surface area contributed by atoms with Crippen LogP contribution in [0.5, 0.6) is 0 Å². The second-order valence-corrected chi connectivity index (χ2v) is 5.94. The van der Waals surface area contributed by atoms with E-state index in [0.717, 1.165) is 19.3 Å². The van der Waals surface area contributed by atoms with Crippen LogP contribution in [0.15, 0.2) is 18.2 Å². The highest BCUT2D eigenvalue weighted by Crippen LogP contribution is 2.31. The largest absolute Gasteiger partial charge is 0.396 e. The summed E-state index contributed by atoms with van der Waals surface area (Å²) in [5.74, 6) is -0.305. The second-order valence-electron chi connectivity index (χ2n) is 5.54. The summed E-state index contributed by atoms with van der Waals surface area (Å²) in [5.41, 5.74) is 0.968.